The largest absolute Gasteiger partial charge is 0.373 e. The number of benzene rings is 1. The van der Waals surface area contributed by atoms with Crippen molar-refractivity contribution in [3.8, 4) is 0 Å². The molecule has 2 fully saturated rings. The first kappa shape index (κ1) is 20.2. The van der Waals surface area contributed by atoms with Crippen LogP contribution in [0.25, 0.3) is 0 Å². The lowest BCUT2D eigenvalue weighted by Gasteiger charge is -2.38. The molecule has 0 spiro atoms. The molecule has 7 nitrogen and oxygen atoms in total. The molecule has 2 atom stereocenters. The minimum absolute atomic E-state index is 0.0146. The van der Waals surface area contributed by atoms with Gasteiger partial charge in [-0.3, -0.25) is 9.69 Å². The van der Waals surface area contributed by atoms with Gasteiger partial charge in [0.25, 0.3) is 0 Å². The lowest BCUT2D eigenvalue weighted by molar-refractivity contribution is -0.137. The predicted octanol–water partition coefficient (Wildman–Crippen LogP) is 0.768. The summed E-state index contributed by atoms with van der Waals surface area (Å²) < 4.78 is 46.1. The third kappa shape index (κ3) is 4.66. The molecule has 2 saturated heterocycles. The Kier molecular flexibility index (Phi) is 6.15. The van der Waals surface area contributed by atoms with Gasteiger partial charge in [-0.2, -0.15) is 4.31 Å². The Hall–Kier alpha value is -1.55. The van der Waals surface area contributed by atoms with Crippen LogP contribution in [0.4, 0.5) is 4.39 Å². The van der Waals surface area contributed by atoms with E-state index in [9.17, 15) is 17.6 Å². The van der Waals surface area contributed by atoms with E-state index in [1.165, 1.54) is 22.5 Å². The summed E-state index contributed by atoms with van der Waals surface area (Å²) in [5.74, 6) is -0.772. The molecule has 27 heavy (non-hydrogen) atoms. The van der Waals surface area contributed by atoms with E-state index in [4.69, 9.17) is 4.74 Å². The Morgan fingerprint density at radius 2 is 1.70 bits per heavy atom. The Labute approximate surface area is 159 Å². The summed E-state index contributed by atoms with van der Waals surface area (Å²) in [6.45, 7) is 6.63. The number of halogens is 1. The van der Waals surface area contributed by atoms with Crippen molar-refractivity contribution in [2.24, 2.45) is 0 Å². The summed E-state index contributed by atoms with van der Waals surface area (Å²) in [4.78, 5) is 16.0. The van der Waals surface area contributed by atoms with E-state index in [0.29, 0.717) is 32.7 Å². The van der Waals surface area contributed by atoms with E-state index in [1.807, 2.05) is 13.8 Å². The first-order chi connectivity index (χ1) is 12.8. The third-order valence-corrected chi connectivity index (χ3v) is 6.83. The summed E-state index contributed by atoms with van der Waals surface area (Å²) in [6, 6.07) is 5.36. The highest BCUT2D eigenvalue weighted by Gasteiger charge is 2.32. The van der Waals surface area contributed by atoms with Crippen molar-refractivity contribution in [2.75, 3.05) is 45.8 Å². The monoisotopic (exact) mass is 399 g/mol. The number of hydrogen-bond donors (Lipinski definition) is 0. The minimum Gasteiger partial charge on any atom is -0.373 e. The summed E-state index contributed by atoms with van der Waals surface area (Å²) in [7, 11) is -3.89. The van der Waals surface area contributed by atoms with E-state index in [1.54, 1.807) is 4.90 Å². The predicted molar refractivity (Wildman–Crippen MR) is 98.2 cm³/mol. The van der Waals surface area contributed by atoms with Crippen LogP contribution in [-0.4, -0.2) is 86.5 Å². The lowest BCUT2D eigenvalue weighted by Crippen LogP contribution is -2.54. The van der Waals surface area contributed by atoms with Gasteiger partial charge in [0.1, 0.15) is 10.7 Å². The Morgan fingerprint density at radius 1 is 1.11 bits per heavy atom. The molecule has 0 saturated carbocycles. The second-order valence-electron chi connectivity index (χ2n) is 7.17. The van der Waals surface area contributed by atoms with Gasteiger partial charge in [0.05, 0.1) is 18.8 Å². The van der Waals surface area contributed by atoms with Crippen LogP contribution < -0.4 is 0 Å². The zero-order valence-corrected chi connectivity index (χ0v) is 16.5. The molecule has 0 aromatic heterocycles. The topological polar surface area (TPSA) is 70.2 Å². The van der Waals surface area contributed by atoms with Gasteiger partial charge in [0.15, 0.2) is 0 Å². The first-order valence-corrected chi connectivity index (χ1v) is 10.6. The van der Waals surface area contributed by atoms with Crippen LogP contribution in [0.15, 0.2) is 29.2 Å². The van der Waals surface area contributed by atoms with Gasteiger partial charge in [-0.25, -0.2) is 12.8 Å². The minimum atomic E-state index is -3.89. The maximum absolute atomic E-state index is 13.9. The summed E-state index contributed by atoms with van der Waals surface area (Å²) in [5.41, 5.74) is 0. The number of piperazine rings is 1. The van der Waals surface area contributed by atoms with Crippen LogP contribution >= 0.6 is 0 Å². The molecule has 0 radical (unpaired) electrons. The van der Waals surface area contributed by atoms with Crippen LogP contribution in [0, 0.1) is 5.82 Å². The highest BCUT2D eigenvalue weighted by Crippen LogP contribution is 2.20. The van der Waals surface area contributed by atoms with Crippen LogP contribution in [-0.2, 0) is 19.6 Å². The number of nitrogens with zero attached hydrogens (tertiary/aromatic N) is 3. The second-order valence-corrected chi connectivity index (χ2v) is 9.07. The van der Waals surface area contributed by atoms with Gasteiger partial charge in [0, 0.05) is 39.3 Å². The SMILES string of the molecule is C[C@@H]1CN(CC(=O)N2CCN(S(=O)(=O)c3ccccc3F)CC2)C[C@@H](C)O1. The summed E-state index contributed by atoms with van der Waals surface area (Å²) in [5, 5.41) is 0. The average molecular weight is 399 g/mol. The van der Waals surface area contributed by atoms with E-state index >= 15 is 0 Å². The fourth-order valence-electron chi connectivity index (χ4n) is 3.68. The number of amides is 1. The number of sulfonamides is 1. The number of ether oxygens (including phenoxy) is 1. The summed E-state index contributed by atoms with van der Waals surface area (Å²) >= 11 is 0. The maximum atomic E-state index is 13.9. The van der Waals surface area contributed by atoms with Crippen molar-refractivity contribution >= 4 is 15.9 Å². The van der Waals surface area contributed by atoms with Crippen molar-refractivity contribution in [1.29, 1.82) is 0 Å². The number of morpholine rings is 1. The van der Waals surface area contributed by atoms with Gasteiger partial charge in [0.2, 0.25) is 15.9 Å². The Balaban J connectivity index is 1.57. The van der Waals surface area contributed by atoms with Crippen LogP contribution in [0.5, 0.6) is 0 Å². The standard InChI is InChI=1S/C18H26FN3O4S/c1-14-11-20(12-15(2)26-14)13-18(23)21-7-9-22(10-8-21)27(24,25)17-6-4-3-5-16(17)19/h3-6,14-15H,7-13H2,1-2H3/t14-,15-/m1/s1. The lowest BCUT2D eigenvalue weighted by atomic mass is 10.2. The Morgan fingerprint density at radius 3 is 2.30 bits per heavy atom. The molecule has 3 rings (SSSR count). The van der Waals surface area contributed by atoms with E-state index < -0.39 is 15.8 Å². The van der Waals surface area contributed by atoms with Gasteiger partial charge < -0.3 is 9.64 Å². The highest BCUT2D eigenvalue weighted by molar-refractivity contribution is 7.89. The molecule has 1 aromatic rings. The van der Waals surface area contributed by atoms with Gasteiger partial charge in [-0.1, -0.05) is 12.1 Å². The van der Waals surface area contributed by atoms with Crippen molar-refractivity contribution in [2.45, 2.75) is 31.0 Å². The maximum Gasteiger partial charge on any atom is 0.246 e. The molecule has 150 valence electrons. The molecule has 9 heteroatoms. The van der Waals surface area contributed by atoms with Gasteiger partial charge >= 0.3 is 0 Å². The van der Waals surface area contributed by atoms with Gasteiger partial charge in [-0.05, 0) is 26.0 Å². The van der Waals surface area contributed by atoms with E-state index in [0.717, 1.165) is 6.07 Å². The first-order valence-electron chi connectivity index (χ1n) is 9.17. The fraction of sp³-hybridized carbons (Fsp3) is 0.611. The number of carbonyl (C=O) groups excluding carboxylic acids is 1. The molecule has 0 N–H and O–H groups in total. The average Bonchev–Trinajstić information content (AvgIpc) is 2.61. The van der Waals surface area contributed by atoms with Crippen molar-refractivity contribution < 1.29 is 22.3 Å². The fourth-order valence-corrected chi connectivity index (χ4v) is 5.16. The third-order valence-electron chi connectivity index (χ3n) is 4.90. The molecule has 1 aromatic carbocycles. The Bertz CT molecular complexity index is 771. The van der Waals surface area contributed by atoms with E-state index in [-0.39, 0.29) is 36.1 Å². The number of rotatable bonds is 4. The molecule has 2 aliphatic heterocycles. The second kappa shape index (κ2) is 8.22. The molecule has 2 heterocycles. The smallest absolute Gasteiger partial charge is 0.246 e. The quantitative estimate of drug-likeness (QED) is 0.748. The normalized spacial score (nSPS) is 25.5. The van der Waals surface area contributed by atoms with Crippen LogP contribution in [0.2, 0.25) is 0 Å². The number of carbonyl (C=O) groups is 1. The van der Waals surface area contributed by atoms with Crippen LogP contribution in [0.1, 0.15) is 13.8 Å². The van der Waals surface area contributed by atoms with Crippen LogP contribution in [0.3, 0.4) is 0 Å². The summed E-state index contributed by atoms with van der Waals surface area (Å²) in [6.07, 6.45) is 0.175. The molecule has 2 aliphatic rings. The molecule has 0 bridgehead atoms. The van der Waals surface area contributed by atoms with Crippen molar-refractivity contribution in [3.63, 3.8) is 0 Å². The zero-order chi connectivity index (χ0) is 19.6. The van der Waals surface area contributed by atoms with Gasteiger partial charge in [-0.15, -0.1) is 0 Å². The molecular formula is C18H26FN3O4S. The highest BCUT2D eigenvalue weighted by atomic mass is 32.2. The molecule has 0 aliphatic carbocycles. The van der Waals surface area contributed by atoms with E-state index in [2.05, 4.69) is 4.90 Å². The molecule has 1 amide bonds. The number of hydrogen-bond acceptors (Lipinski definition) is 5. The van der Waals surface area contributed by atoms with Crippen molar-refractivity contribution in [1.82, 2.24) is 14.1 Å². The molecule has 0 unspecified atom stereocenters. The molecular weight excluding hydrogens is 373 g/mol. The zero-order valence-electron chi connectivity index (χ0n) is 15.7. The van der Waals surface area contributed by atoms with Crippen molar-refractivity contribution in [3.05, 3.63) is 30.1 Å².